The summed E-state index contributed by atoms with van der Waals surface area (Å²) >= 11 is 0. The van der Waals surface area contributed by atoms with Gasteiger partial charge in [-0.1, -0.05) is 17.7 Å². The lowest BCUT2D eigenvalue weighted by Crippen LogP contribution is -2.31. The van der Waals surface area contributed by atoms with E-state index in [2.05, 4.69) is 0 Å². The highest BCUT2D eigenvalue weighted by molar-refractivity contribution is 7.89. The van der Waals surface area contributed by atoms with Crippen LogP contribution in [0.1, 0.15) is 24.2 Å². The number of rotatable bonds is 8. The van der Waals surface area contributed by atoms with E-state index in [1.54, 1.807) is 36.4 Å². The zero-order valence-electron chi connectivity index (χ0n) is 12.8. The predicted octanol–water partition coefficient (Wildman–Crippen LogP) is 2.64. The molecule has 0 atom stereocenters. The van der Waals surface area contributed by atoms with Gasteiger partial charge in [0.15, 0.2) is 0 Å². The lowest BCUT2D eigenvalue weighted by atomic mass is 10.2. The number of aliphatic carboxylic acids is 1. The molecule has 0 spiro atoms. The number of hydrogen-bond acceptors (Lipinski definition) is 4. The van der Waals surface area contributed by atoms with Gasteiger partial charge in [0.2, 0.25) is 10.0 Å². The van der Waals surface area contributed by atoms with Crippen LogP contribution in [0, 0.1) is 6.92 Å². The lowest BCUT2D eigenvalue weighted by Gasteiger charge is -2.21. The molecule has 0 aliphatic rings. The molecule has 0 unspecified atom stereocenters. The number of nitrogens with zero attached hydrogens (tertiary/aromatic N) is 1. The molecule has 0 fully saturated rings. The Hall–Kier alpha value is -2.12. The molecule has 23 heavy (non-hydrogen) atoms. The molecule has 124 valence electrons. The average molecular weight is 337 g/mol. The summed E-state index contributed by atoms with van der Waals surface area (Å²) in [6, 6.07) is 9.94. The standard InChI is InChI=1S/C16H19NO5S/c1-13-6-8-15(9-7-13)23(20,21)17(10-2-5-16(18)19)12-14-4-3-11-22-14/h3-4,6-9,11H,2,5,10,12H2,1H3,(H,18,19). The van der Waals surface area contributed by atoms with E-state index in [4.69, 9.17) is 9.52 Å². The summed E-state index contributed by atoms with van der Waals surface area (Å²) in [6.45, 7) is 2.07. The van der Waals surface area contributed by atoms with Crippen LogP contribution < -0.4 is 0 Å². The topological polar surface area (TPSA) is 87.8 Å². The number of sulfonamides is 1. The van der Waals surface area contributed by atoms with Crippen molar-refractivity contribution in [3.05, 3.63) is 54.0 Å². The van der Waals surface area contributed by atoms with Gasteiger partial charge in [-0.15, -0.1) is 0 Å². The molecule has 6 nitrogen and oxygen atoms in total. The fourth-order valence-corrected chi connectivity index (χ4v) is 3.57. The summed E-state index contributed by atoms with van der Waals surface area (Å²) in [7, 11) is -3.71. The molecule has 1 N–H and O–H groups in total. The maximum Gasteiger partial charge on any atom is 0.303 e. The largest absolute Gasteiger partial charge is 0.481 e. The van der Waals surface area contributed by atoms with Crippen LogP contribution in [0.25, 0.3) is 0 Å². The van der Waals surface area contributed by atoms with Crippen molar-refractivity contribution in [1.29, 1.82) is 0 Å². The van der Waals surface area contributed by atoms with Crippen molar-refractivity contribution in [2.24, 2.45) is 0 Å². The van der Waals surface area contributed by atoms with Gasteiger partial charge in [0.25, 0.3) is 0 Å². The summed E-state index contributed by atoms with van der Waals surface area (Å²) in [5, 5.41) is 8.75. The average Bonchev–Trinajstić information content (AvgIpc) is 2.99. The molecule has 1 heterocycles. The number of carbonyl (C=O) groups is 1. The molecular weight excluding hydrogens is 318 g/mol. The minimum Gasteiger partial charge on any atom is -0.481 e. The highest BCUT2D eigenvalue weighted by Crippen LogP contribution is 2.20. The van der Waals surface area contributed by atoms with E-state index in [1.807, 2.05) is 6.92 Å². The van der Waals surface area contributed by atoms with Gasteiger partial charge >= 0.3 is 5.97 Å². The Morgan fingerprint density at radius 3 is 2.48 bits per heavy atom. The summed E-state index contributed by atoms with van der Waals surface area (Å²) in [5.41, 5.74) is 0.965. The summed E-state index contributed by atoms with van der Waals surface area (Å²) in [4.78, 5) is 10.9. The fourth-order valence-electron chi connectivity index (χ4n) is 2.13. The van der Waals surface area contributed by atoms with Crippen LogP contribution >= 0.6 is 0 Å². The minimum absolute atomic E-state index is 0.0723. The number of furan rings is 1. The molecule has 0 saturated carbocycles. The number of benzene rings is 1. The second kappa shape index (κ2) is 7.43. The first-order chi connectivity index (χ1) is 10.9. The zero-order chi connectivity index (χ0) is 16.9. The Labute approximate surface area is 135 Å². The minimum atomic E-state index is -3.71. The first kappa shape index (κ1) is 17.2. The maximum atomic E-state index is 12.8. The second-order valence-electron chi connectivity index (χ2n) is 5.23. The lowest BCUT2D eigenvalue weighted by molar-refractivity contribution is -0.137. The number of hydrogen-bond donors (Lipinski definition) is 1. The third kappa shape index (κ3) is 4.67. The van der Waals surface area contributed by atoms with Gasteiger partial charge in [-0.2, -0.15) is 4.31 Å². The molecule has 1 aromatic heterocycles. The Morgan fingerprint density at radius 1 is 1.22 bits per heavy atom. The van der Waals surface area contributed by atoms with Crippen LogP contribution in [0.4, 0.5) is 0 Å². The molecule has 0 radical (unpaired) electrons. The van der Waals surface area contributed by atoms with Crippen LogP contribution in [-0.4, -0.2) is 30.3 Å². The van der Waals surface area contributed by atoms with E-state index in [0.29, 0.717) is 5.76 Å². The van der Waals surface area contributed by atoms with Crippen LogP contribution in [0.2, 0.25) is 0 Å². The number of carboxylic acid groups (broad SMARTS) is 1. The molecule has 7 heteroatoms. The van der Waals surface area contributed by atoms with Crippen LogP contribution in [0.3, 0.4) is 0 Å². The second-order valence-corrected chi connectivity index (χ2v) is 7.17. The van der Waals surface area contributed by atoms with Crippen LogP contribution in [0.15, 0.2) is 52.0 Å². The van der Waals surface area contributed by atoms with Gasteiger partial charge in [-0.05, 0) is 37.6 Å². The van der Waals surface area contributed by atoms with E-state index in [9.17, 15) is 13.2 Å². The van der Waals surface area contributed by atoms with Gasteiger partial charge in [0, 0.05) is 13.0 Å². The molecule has 0 saturated heterocycles. The summed E-state index contributed by atoms with van der Waals surface area (Å²) < 4.78 is 32.0. The van der Waals surface area contributed by atoms with E-state index in [0.717, 1.165) is 5.56 Å². The Bertz CT molecular complexity index is 735. The fraction of sp³-hybridized carbons (Fsp3) is 0.312. The Balaban J connectivity index is 2.23. The van der Waals surface area contributed by atoms with Gasteiger partial charge in [0.05, 0.1) is 17.7 Å². The van der Waals surface area contributed by atoms with Crippen molar-refractivity contribution in [2.75, 3.05) is 6.54 Å². The third-order valence-electron chi connectivity index (χ3n) is 3.37. The van der Waals surface area contributed by atoms with Crippen LogP contribution in [-0.2, 0) is 21.4 Å². The maximum absolute atomic E-state index is 12.8. The van der Waals surface area contributed by atoms with Gasteiger partial charge in [-0.25, -0.2) is 8.42 Å². The molecule has 2 rings (SSSR count). The first-order valence-electron chi connectivity index (χ1n) is 7.20. The van der Waals surface area contributed by atoms with Crippen molar-refractivity contribution in [1.82, 2.24) is 4.31 Å². The molecular formula is C16H19NO5S. The first-order valence-corrected chi connectivity index (χ1v) is 8.64. The van der Waals surface area contributed by atoms with Gasteiger partial charge in [0.1, 0.15) is 5.76 Å². The highest BCUT2D eigenvalue weighted by Gasteiger charge is 2.25. The van der Waals surface area contributed by atoms with Crippen molar-refractivity contribution >= 4 is 16.0 Å². The van der Waals surface area contributed by atoms with Crippen LogP contribution in [0.5, 0.6) is 0 Å². The molecule has 1 aromatic carbocycles. The zero-order valence-corrected chi connectivity index (χ0v) is 13.6. The van der Waals surface area contributed by atoms with Crippen molar-refractivity contribution in [2.45, 2.75) is 31.2 Å². The monoisotopic (exact) mass is 337 g/mol. The van der Waals surface area contributed by atoms with Crippen molar-refractivity contribution in [3.63, 3.8) is 0 Å². The quantitative estimate of drug-likeness (QED) is 0.800. The number of aryl methyl sites for hydroxylation is 1. The van der Waals surface area contributed by atoms with Gasteiger partial charge in [-0.3, -0.25) is 4.79 Å². The SMILES string of the molecule is Cc1ccc(S(=O)(=O)N(CCCC(=O)O)Cc2ccco2)cc1. The van der Waals surface area contributed by atoms with Crippen molar-refractivity contribution in [3.8, 4) is 0 Å². The summed E-state index contributed by atoms with van der Waals surface area (Å²) in [6.07, 6.45) is 1.63. The smallest absolute Gasteiger partial charge is 0.303 e. The normalized spacial score (nSPS) is 11.7. The van der Waals surface area contributed by atoms with Crippen molar-refractivity contribution < 1.29 is 22.7 Å². The van der Waals surface area contributed by atoms with E-state index in [1.165, 1.54) is 10.6 Å². The molecule has 0 aliphatic carbocycles. The summed E-state index contributed by atoms with van der Waals surface area (Å²) in [5.74, 6) is -0.438. The van der Waals surface area contributed by atoms with E-state index < -0.39 is 16.0 Å². The van der Waals surface area contributed by atoms with Gasteiger partial charge < -0.3 is 9.52 Å². The number of carboxylic acids is 1. The molecule has 0 bridgehead atoms. The van der Waals surface area contributed by atoms with E-state index in [-0.39, 0.29) is 30.8 Å². The third-order valence-corrected chi connectivity index (χ3v) is 5.23. The predicted molar refractivity (Wildman–Crippen MR) is 84.4 cm³/mol. The Morgan fingerprint density at radius 2 is 1.91 bits per heavy atom. The molecule has 0 amide bonds. The molecule has 2 aromatic rings. The Kier molecular flexibility index (Phi) is 5.57. The van der Waals surface area contributed by atoms with E-state index >= 15 is 0 Å². The molecule has 0 aliphatic heterocycles. The highest BCUT2D eigenvalue weighted by atomic mass is 32.2.